The van der Waals surface area contributed by atoms with Gasteiger partial charge in [0.15, 0.2) is 0 Å². The Morgan fingerprint density at radius 1 is 1.00 bits per heavy atom. The molecule has 4 rings (SSSR count). The molecule has 4 heteroatoms. The third-order valence-electron chi connectivity index (χ3n) is 5.56. The molecule has 1 saturated heterocycles. The number of methoxy groups -OCH3 is 1. The molecule has 2 amide bonds. The summed E-state index contributed by atoms with van der Waals surface area (Å²) < 4.78 is 5.64. The normalized spacial score (nSPS) is 25.0. The quantitative estimate of drug-likeness (QED) is 0.911. The average Bonchev–Trinajstić information content (AvgIpc) is 2.90. The van der Waals surface area contributed by atoms with Crippen LogP contribution in [0.3, 0.4) is 0 Å². The molecular weight excluding hydrogens is 312 g/mol. The summed E-state index contributed by atoms with van der Waals surface area (Å²) in [6, 6.07) is 18.1. The molecule has 1 saturated carbocycles. The van der Waals surface area contributed by atoms with E-state index >= 15 is 0 Å². The van der Waals surface area contributed by atoms with Crippen molar-refractivity contribution in [2.45, 2.75) is 18.9 Å². The second kappa shape index (κ2) is 6.89. The summed E-state index contributed by atoms with van der Waals surface area (Å²) in [5.74, 6) is 0.942. The molecule has 2 bridgehead atoms. The SMILES string of the molecule is COC1C2CCC1CN(C(=O)Nc1ccccc1-c1ccccc1)C2. The van der Waals surface area contributed by atoms with Gasteiger partial charge in [-0.15, -0.1) is 0 Å². The van der Waals surface area contributed by atoms with Crippen molar-refractivity contribution < 1.29 is 9.53 Å². The molecule has 0 aromatic heterocycles. The zero-order chi connectivity index (χ0) is 17.2. The van der Waals surface area contributed by atoms with Gasteiger partial charge < -0.3 is 15.0 Å². The molecule has 130 valence electrons. The van der Waals surface area contributed by atoms with Crippen LogP contribution in [0.5, 0.6) is 0 Å². The number of carbonyl (C=O) groups excluding carboxylic acids is 1. The highest BCUT2D eigenvalue weighted by molar-refractivity contribution is 5.94. The summed E-state index contributed by atoms with van der Waals surface area (Å²) in [6.07, 6.45) is 2.64. The number of likely N-dealkylation sites (tertiary alicyclic amines) is 1. The smallest absolute Gasteiger partial charge is 0.321 e. The third kappa shape index (κ3) is 3.14. The van der Waals surface area contributed by atoms with Crippen LogP contribution >= 0.6 is 0 Å². The molecule has 1 N–H and O–H groups in total. The number of ether oxygens (including phenoxy) is 1. The zero-order valence-corrected chi connectivity index (χ0v) is 14.5. The number of fused-ring (bicyclic) bond motifs is 2. The van der Waals surface area contributed by atoms with Crippen LogP contribution in [0.15, 0.2) is 54.6 Å². The first kappa shape index (κ1) is 16.2. The number of amides is 2. The maximum atomic E-state index is 12.8. The first-order valence-corrected chi connectivity index (χ1v) is 8.99. The molecule has 1 aliphatic carbocycles. The van der Waals surface area contributed by atoms with Gasteiger partial charge in [-0.3, -0.25) is 0 Å². The number of rotatable bonds is 3. The number of anilines is 1. The van der Waals surface area contributed by atoms with E-state index in [9.17, 15) is 4.79 Å². The van der Waals surface area contributed by atoms with Crippen LogP contribution in [0, 0.1) is 11.8 Å². The van der Waals surface area contributed by atoms with E-state index in [1.54, 1.807) is 7.11 Å². The number of hydrogen-bond donors (Lipinski definition) is 1. The molecule has 2 aliphatic rings. The summed E-state index contributed by atoms with van der Waals surface area (Å²) >= 11 is 0. The van der Waals surface area contributed by atoms with Gasteiger partial charge in [0.25, 0.3) is 0 Å². The van der Waals surface area contributed by atoms with Gasteiger partial charge in [0.1, 0.15) is 0 Å². The van der Waals surface area contributed by atoms with Gasteiger partial charge in [0.05, 0.1) is 11.8 Å². The molecule has 1 heterocycles. The van der Waals surface area contributed by atoms with E-state index in [0.717, 1.165) is 42.7 Å². The van der Waals surface area contributed by atoms with Gasteiger partial charge in [0.2, 0.25) is 0 Å². The van der Waals surface area contributed by atoms with Gasteiger partial charge in [-0.05, 0) is 24.5 Å². The first-order chi connectivity index (χ1) is 12.3. The van der Waals surface area contributed by atoms with Crippen LogP contribution in [0.25, 0.3) is 11.1 Å². The molecule has 2 fully saturated rings. The van der Waals surface area contributed by atoms with Crippen molar-refractivity contribution >= 4 is 11.7 Å². The number of nitrogens with zero attached hydrogens (tertiary/aromatic N) is 1. The molecule has 2 unspecified atom stereocenters. The van der Waals surface area contributed by atoms with Crippen LogP contribution in [0.4, 0.5) is 10.5 Å². The maximum absolute atomic E-state index is 12.8. The monoisotopic (exact) mass is 336 g/mol. The predicted molar refractivity (Wildman–Crippen MR) is 99.5 cm³/mol. The Hall–Kier alpha value is -2.33. The fourth-order valence-electron chi connectivity index (χ4n) is 4.38. The molecule has 4 nitrogen and oxygen atoms in total. The summed E-state index contributed by atoms with van der Waals surface area (Å²) in [7, 11) is 1.79. The molecule has 0 spiro atoms. The third-order valence-corrected chi connectivity index (χ3v) is 5.56. The van der Waals surface area contributed by atoms with Crippen LogP contribution in [-0.4, -0.2) is 37.2 Å². The number of hydrogen-bond acceptors (Lipinski definition) is 2. The molecule has 25 heavy (non-hydrogen) atoms. The largest absolute Gasteiger partial charge is 0.381 e. The summed E-state index contributed by atoms with van der Waals surface area (Å²) in [6.45, 7) is 1.57. The Labute approximate surface area is 148 Å². The van der Waals surface area contributed by atoms with Gasteiger partial charge in [-0.2, -0.15) is 0 Å². The Balaban J connectivity index is 1.51. The fourth-order valence-corrected chi connectivity index (χ4v) is 4.38. The van der Waals surface area contributed by atoms with Crippen molar-refractivity contribution in [3.05, 3.63) is 54.6 Å². The van der Waals surface area contributed by atoms with Crippen LogP contribution in [-0.2, 0) is 4.74 Å². The molecule has 2 aromatic rings. The molecule has 2 aromatic carbocycles. The lowest BCUT2D eigenvalue weighted by Crippen LogP contribution is -2.49. The molecular formula is C21H24N2O2. The van der Waals surface area contributed by atoms with E-state index in [4.69, 9.17) is 4.74 Å². The topological polar surface area (TPSA) is 41.6 Å². The van der Waals surface area contributed by atoms with Crippen molar-refractivity contribution in [3.63, 3.8) is 0 Å². The van der Waals surface area contributed by atoms with Gasteiger partial charge in [0, 0.05) is 37.6 Å². The van der Waals surface area contributed by atoms with Crippen molar-refractivity contribution in [1.29, 1.82) is 0 Å². The lowest BCUT2D eigenvalue weighted by Gasteiger charge is -2.37. The van der Waals surface area contributed by atoms with Gasteiger partial charge in [-0.25, -0.2) is 4.79 Å². The lowest BCUT2D eigenvalue weighted by atomic mass is 9.95. The lowest BCUT2D eigenvalue weighted by molar-refractivity contribution is -0.00364. The highest BCUT2D eigenvalue weighted by atomic mass is 16.5. The Kier molecular flexibility index (Phi) is 4.45. The first-order valence-electron chi connectivity index (χ1n) is 8.99. The number of para-hydroxylation sites is 1. The summed E-state index contributed by atoms with van der Waals surface area (Å²) in [5.41, 5.74) is 3.02. The summed E-state index contributed by atoms with van der Waals surface area (Å²) in [5, 5.41) is 3.13. The number of carbonyl (C=O) groups is 1. The van der Waals surface area contributed by atoms with E-state index in [1.807, 2.05) is 47.4 Å². The minimum absolute atomic E-state index is 0.00478. The molecule has 0 radical (unpaired) electrons. The van der Waals surface area contributed by atoms with Crippen LogP contribution in [0.2, 0.25) is 0 Å². The van der Waals surface area contributed by atoms with Gasteiger partial charge in [-0.1, -0.05) is 48.5 Å². The zero-order valence-electron chi connectivity index (χ0n) is 14.5. The second-order valence-electron chi connectivity index (χ2n) is 7.04. The van der Waals surface area contributed by atoms with Crippen molar-refractivity contribution in [2.75, 3.05) is 25.5 Å². The highest BCUT2D eigenvalue weighted by Crippen LogP contribution is 2.39. The Bertz CT molecular complexity index is 733. The summed E-state index contributed by atoms with van der Waals surface area (Å²) in [4.78, 5) is 14.8. The molecule has 1 aliphatic heterocycles. The van der Waals surface area contributed by atoms with Crippen molar-refractivity contribution in [1.82, 2.24) is 4.90 Å². The highest BCUT2D eigenvalue weighted by Gasteiger charge is 2.43. The minimum atomic E-state index is -0.00478. The van der Waals surface area contributed by atoms with E-state index in [-0.39, 0.29) is 6.03 Å². The average molecular weight is 336 g/mol. The van der Waals surface area contributed by atoms with E-state index in [2.05, 4.69) is 17.4 Å². The molecule has 2 atom stereocenters. The van der Waals surface area contributed by atoms with Crippen LogP contribution in [0.1, 0.15) is 12.8 Å². The van der Waals surface area contributed by atoms with E-state index in [1.165, 1.54) is 0 Å². The van der Waals surface area contributed by atoms with E-state index in [0.29, 0.717) is 17.9 Å². The fraction of sp³-hybridized carbons (Fsp3) is 0.381. The van der Waals surface area contributed by atoms with Crippen molar-refractivity contribution in [2.24, 2.45) is 11.8 Å². The number of piperidine rings is 1. The standard InChI is InChI=1S/C21H24N2O2/c1-25-20-16-11-12-17(20)14-23(13-16)21(24)22-19-10-6-5-9-18(19)15-7-3-2-4-8-15/h2-10,16-17,20H,11-14H2,1H3,(H,22,24). The number of urea groups is 1. The second-order valence-corrected chi connectivity index (χ2v) is 7.04. The van der Waals surface area contributed by atoms with Gasteiger partial charge >= 0.3 is 6.03 Å². The predicted octanol–water partition coefficient (Wildman–Crippen LogP) is 4.24. The maximum Gasteiger partial charge on any atom is 0.321 e. The van der Waals surface area contributed by atoms with E-state index < -0.39 is 0 Å². The number of nitrogens with one attached hydrogen (secondary N) is 1. The number of benzene rings is 2. The Morgan fingerprint density at radius 3 is 2.32 bits per heavy atom. The Morgan fingerprint density at radius 2 is 1.64 bits per heavy atom. The van der Waals surface area contributed by atoms with Crippen molar-refractivity contribution in [3.8, 4) is 11.1 Å². The van der Waals surface area contributed by atoms with Crippen LogP contribution < -0.4 is 5.32 Å². The minimum Gasteiger partial charge on any atom is -0.381 e.